The third-order valence-electron chi connectivity index (χ3n) is 3.16. The molecule has 1 aromatic rings. The number of carbonyl (C=O) groups excluding carboxylic acids is 1. The van der Waals surface area contributed by atoms with Crippen LogP contribution >= 0.6 is 24.0 Å². The summed E-state index contributed by atoms with van der Waals surface area (Å²) in [5.74, 6) is 0.111. The number of rotatable bonds is 4. The van der Waals surface area contributed by atoms with Crippen molar-refractivity contribution >= 4 is 34.6 Å². The van der Waals surface area contributed by atoms with Crippen molar-refractivity contribution in [1.82, 2.24) is 4.90 Å². The second-order valence-electron chi connectivity index (χ2n) is 4.53. The zero-order valence-electron chi connectivity index (χ0n) is 11.8. The van der Waals surface area contributed by atoms with E-state index in [1.807, 2.05) is 43.3 Å². The first-order valence-electron chi connectivity index (χ1n) is 6.53. The summed E-state index contributed by atoms with van der Waals surface area (Å²) < 4.78 is 0. The number of carbonyl (C=O) groups is 1. The van der Waals surface area contributed by atoms with Crippen LogP contribution < -0.4 is 0 Å². The molecule has 4 heteroatoms. The lowest BCUT2D eigenvalue weighted by atomic mass is 10.1. The molecule has 0 bridgehead atoms. The Hall–Kier alpha value is -1.39. The number of allylic oxidation sites excluding steroid dienone is 3. The van der Waals surface area contributed by atoms with Gasteiger partial charge in [0.15, 0.2) is 5.78 Å². The molecule has 1 heterocycles. The number of nitrogens with zero attached hydrogens (tertiary/aromatic N) is 1. The van der Waals surface area contributed by atoms with Crippen LogP contribution in [0.4, 0.5) is 0 Å². The van der Waals surface area contributed by atoms with E-state index in [0.717, 1.165) is 32.6 Å². The van der Waals surface area contributed by atoms with Gasteiger partial charge < -0.3 is 4.90 Å². The quantitative estimate of drug-likeness (QED) is 0.473. The minimum absolute atomic E-state index is 0.111. The fourth-order valence-corrected chi connectivity index (χ4v) is 3.63. The molecule has 0 amide bonds. The molecule has 1 aliphatic rings. The van der Waals surface area contributed by atoms with Gasteiger partial charge in [-0.3, -0.25) is 4.79 Å². The van der Waals surface area contributed by atoms with Crippen LogP contribution in [0.5, 0.6) is 0 Å². The zero-order chi connectivity index (χ0) is 14.7. The van der Waals surface area contributed by atoms with Gasteiger partial charge in [-0.05, 0) is 32.4 Å². The van der Waals surface area contributed by atoms with Gasteiger partial charge in [-0.15, -0.1) is 0 Å². The van der Waals surface area contributed by atoms with Gasteiger partial charge in [0.05, 0.1) is 9.93 Å². The minimum Gasteiger partial charge on any atom is -0.339 e. The first kappa shape index (κ1) is 15.0. The van der Waals surface area contributed by atoms with E-state index >= 15 is 0 Å². The molecular formula is C16H17NOS2. The van der Waals surface area contributed by atoms with Crippen molar-refractivity contribution in [2.75, 3.05) is 6.54 Å². The Labute approximate surface area is 129 Å². The summed E-state index contributed by atoms with van der Waals surface area (Å²) in [6.07, 6.45) is 1.98. The van der Waals surface area contributed by atoms with Crippen molar-refractivity contribution in [2.45, 2.75) is 20.8 Å². The van der Waals surface area contributed by atoms with Crippen LogP contribution in [-0.4, -0.2) is 22.1 Å². The Morgan fingerprint density at radius 2 is 2.00 bits per heavy atom. The molecule has 0 spiro atoms. The van der Waals surface area contributed by atoms with Crippen LogP contribution in [0.1, 0.15) is 26.3 Å². The van der Waals surface area contributed by atoms with Gasteiger partial charge in [0.25, 0.3) is 0 Å². The minimum atomic E-state index is 0.111. The van der Waals surface area contributed by atoms with E-state index < -0.39 is 0 Å². The molecule has 0 saturated carbocycles. The molecule has 1 aliphatic heterocycles. The van der Waals surface area contributed by atoms with Crippen LogP contribution in [0.25, 0.3) is 0 Å². The van der Waals surface area contributed by atoms with Crippen LogP contribution in [0.3, 0.4) is 0 Å². The Morgan fingerprint density at radius 1 is 1.35 bits per heavy atom. The summed E-state index contributed by atoms with van der Waals surface area (Å²) in [4.78, 5) is 15.4. The average Bonchev–Trinajstić information content (AvgIpc) is 2.76. The standard InChI is InChI=1S/C16H17NOS2/c1-4-17-11(2)16(12(3)18)20-15(17)10-14(19)13-8-6-5-7-9-13/h5-10H,4H2,1-3H3/b15-10+. The van der Waals surface area contributed by atoms with Crippen LogP contribution in [0, 0.1) is 0 Å². The predicted molar refractivity (Wildman–Crippen MR) is 89.6 cm³/mol. The van der Waals surface area contributed by atoms with Crippen LogP contribution in [0.15, 0.2) is 52.0 Å². The smallest absolute Gasteiger partial charge is 0.168 e. The lowest BCUT2D eigenvalue weighted by Gasteiger charge is -2.19. The van der Waals surface area contributed by atoms with Gasteiger partial charge in [-0.25, -0.2) is 0 Å². The average molecular weight is 303 g/mol. The topological polar surface area (TPSA) is 20.3 Å². The van der Waals surface area contributed by atoms with Crippen molar-refractivity contribution in [1.29, 1.82) is 0 Å². The maximum absolute atomic E-state index is 11.7. The molecule has 0 aliphatic carbocycles. The number of Topliss-reactive ketones (excluding diaryl/α,β-unsaturated/α-hetero) is 1. The summed E-state index contributed by atoms with van der Waals surface area (Å²) in [5, 5.41) is 1.03. The first-order valence-corrected chi connectivity index (χ1v) is 7.75. The third kappa shape index (κ3) is 3.02. The molecule has 0 radical (unpaired) electrons. The summed E-state index contributed by atoms with van der Waals surface area (Å²) in [7, 11) is 0. The van der Waals surface area contributed by atoms with E-state index in [0.29, 0.717) is 0 Å². The molecule has 2 nitrogen and oxygen atoms in total. The number of hydrogen-bond donors (Lipinski definition) is 0. The van der Waals surface area contributed by atoms with E-state index in [1.54, 1.807) is 6.92 Å². The zero-order valence-corrected chi connectivity index (χ0v) is 13.5. The van der Waals surface area contributed by atoms with Gasteiger partial charge >= 0.3 is 0 Å². The molecule has 0 saturated heterocycles. The van der Waals surface area contributed by atoms with Gasteiger partial charge in [-0.1, -0.05) is 54.3 Å². The SMILES string of the molecule is CCN1C(C)=C(C(C)=O)S/C1=C/C(=S)c1ccccc1. The van der Waals surface area contributed by atoms with Crippen LogP contribution in [-0.2, 0) is 4.79 Å². The van der Waals surface area contributed by atoms with Crippen LogP contribution in [0.2, 0.25) is 0 Å². The molecule has 0 aromatic heterocycles. The van der Waals surface area contributed by atoms with E-state index in [2.05, 4.69) is 11.8 Å². The fraction of sp³-hybridized carbons (Fsp3) is 0.250. The highest BCUT2D eigenvalue weighted by Gasteiger charge is 2.26. The Balaban J connectivity index is 2.28. The molecule has 0 N–H and O–H groups in total. The summed E-state index contributed by atoms with van der Waals surface area (Å²) >= 11 is 6.99. The molecule has 0 unspecified atom stereocenters. The van der Waals surface area contributed by atoms with E-state index in [-0.39, 0.29) is 5.78 Å². The molecule has 104 valence electrons. The number of benzene rings is 1. The molecule has 0 atom stereocenters. The first-order chi connectivity index (χ1) is 9.54. The molecule has 0 fully saturated rings. The second-order valence-corrected chi connectivity index (χ2v) is 6.00. The molecule has 20 heavy (non-hydrogen) atoms. The summed E-state index contributed by atoms with van der Waals surface area (Å²) in [6, 6.07) is 9.93. The molecular weight excluding hydrogens is 286 g/mol. The van der Waals surface area contributed by atoms with E-state index in [1.165, 1.54) is 11.8 Å². The molecule has 1 aromatic carbocycles. The molecule has 2 rings (SSSR count). The lowest BCUT2D eigenvalue weighted by Crippen LogP contribution is -2.16. The van der Waals surface area contributed by atoms with Gasteiger partial charge in [0, 0.05) is 17.1 Å². The highest BCUT2D eigenvalue weighted by atomic mass is 32.2. The van der Waals surface area contributed by atoms with Gasteiger partial charge in [0.2, 0.25) is 0 Å². The number of ketones is 1. The van der Waals surface area contributed by atoms with Crippen molar-refractivity contribution in [3.63, 3.8) is 0 Å². The maximum Gasteiger partial charge on any atom is 0.168 e. The van der Waals surface area contributed by atoms with Gasteiger partial charge in [0.1, 0.15) is 0 Å². The maximum atomic E-state index is 11.7. The largest absolute Gasteiger partial charge is 0.339 e. The number of hydrogen-bond acceptors (Lipinski definition) is 4. The number of thioether (sulfide) groups is 1. The summed E-state index contributed by atoms with van der Waals surface area (Å²) in [5.41, 5.74) is 2.05. The van der Waals surface area contributed by atoms with E-state index in [4.69, 9.17) is 12.2 Å². The number of thiocarbonyl (C=S) groups is 1. The Bertz CT molecular complexity index is 602. The van der Waals surface area contributed by atoms with Crippen molar-refractivity contribution < 1.29 is 4.79 Å². The highest BCUT2D eigenvalue weighted by Crippen LogP contribution is 2.41. The predicted octanol–water partition coefficient (Wildman–Crippen LogP) is 4.14. The highest BCUT2D eigenvalue weighted by molar-refractivity contribution is 8.07. The fourth-order valence-electron chi connectivity index (χ4n) is 2.15. The normalized spacial score (nSPS) is 16.9. The van der Waals surface area contributed by atoms with Crippen molar-refractivity contribution in [3.05, 3.63) is 57.6 Å². The lowest BCUT2D eigenvalue weighted by molar-refractivity contribution is -0.113. The Kier molecular flexibility index (Phi) is 4.78. The summed E-state index contributed by atoms with van der Waals surface area (Å²) in [6.45, 7) is 6.50. The van der Waals surface area contributed by atoms with Crippen molar-refractivity contribution in [3.8, 4) is 0 Å². The third-order valence-corrected chi connectivity index (χ3v) is 4.84. The van der Waals surface area contributed by atoms with Gasteiger partial charge in [-0.2, -0.15) is 0 Å². The van der Waals surface area contributed by atoms with E-state index in [9.17, 15) is 4.79 Å². The Morgan fingerprint density at radius 3 is 2.55 bits per heavy atom. The van der Waals surface area contributed by atoms with Crippen molar-refractivity contribution in [2.24, 2.45) is 0 Å². The monoisotopic (exact) mass is 303 g/mol. The second kappa shape index (κ2) is 6.37.